The van der Waals surface area contributed by atoms with Gasteiger partial charge in [-0.05, 0) is 41.8 Å². The molecule has 1 aliphatic rings. The Morgan fingerprint density at radius 3 is 2.56 bits per heavy atom. The van der Waals surface area contributed by atoms with Crippen molar-refractivity contribution in [2.75, 3.05) is 48.4 Å². The molecule has 3 heterocycles. The molecule has 1 aromatic carbocycles. The Bertz CT molecular complexity index is 1250. The highest BCUT2D eigenvalue weighted by atomic mass is 35.5. The summed E-state index contributed by atoms with van der Waals surface area (Å²) in [6, 6.07) is 6.34. The number of hydrogen-bond acceptors (Lipinski definition) is 7. The lowest BCUT2D eigenvalue weighted by molar-refractivity contribution is 0.0989. The van der Waals surface area contributed by atoms with Gasteiger partial charge in [0.15, 0.2) is 0 Å². The van der Waals surface area contributed by atoms with E-state index in [9.17, 15) is 9.59 Å². The highest BCUT2D eigenvalue weighted by molar-refractivity contribution is 7.15. The Morgan fingerprint density at radius 1 is 1.08 bits per heavy atom. The number of rotatable bonds is 8. The van der Waals surface area contributed by atoms with Gasteiger partial charge in [0, 0.05) is 30.9 Å². The molecule has 0 spiro atoms. The first-order valence-electron chi connectivity index (χ1n) is 11.2. The quantitative estimate of drug-likeness (QED) is 0.330. The number of halogens is 3. The van der Waals surface area contributed by atoms with Crippen LogP contribution >= 0.6 is 46.1 Å². The maximum Gasteiger partial charge on any atom is 0.259 e. The summed E-state index contributed by atoms with van der Waals surface area (Å²) in [5.41, 5.74) is 1.72. The summed E-state index contributed by atoms with van der Waals surface area (Å²) in [4.78, 5) is 33.1. The van der Waals surface area contributed by atoms with Crippen LogP contribution in [-0.4, -0.2) is 49.6 Å². The normalized spacial score (nSPS) is 13.5. The predicted octanol–water partition coefficient (Wildman–Crippen LogP) is 5.55. The van der Waals surface area contributed by atoms with Gasteiger partial charge in [0.2, 0.25) is 0 Å². The van der Waals surface area contributed by atoms with E-state index in [1.807, 2.05) is 17.2 Å². The molecule has 0 radical (unpaired) electrons. The Balaban J connectivity index is 1.71. The first-order valence-corrected chi connectivity index (χ1v) is 13.3. The number of benzene rings is 1. The molecule has 1 aliphatic heterocycles. The van der Waals surface area contributed by atoms with E-state index < -0.39 is 11.8 Å². The van der Waals surface area contributed by atoms with Gasteiger partial charge in [0.1, 0.15) is 10.8 Å². The van der Waals surface area contributed by atoms with Crippen molar-refractivity contribution in [3.63, 3.8) is 0 Å². The van der Waals surface area contributed by atoms with E-state index in [1.54, 1.807) is 18.2 Å². The molecule has 36 heavy (non-hydrogen) atoms. The highest BCUT2D eigenvalue weighted by Gasteiger charge is 2.27. The predicted molar refractivity (Wildman–Crippen MR) is 146 cm³/mol. The lowest BCUT2D eigenvalue weighted by Crippen LogP contribution is -2.38. The fourth-order valence-corrected chi connectivity index (χ4v) is 5.24. The molecule has 2 amide bonds. The fraction of sp³-hybridized carbons (Fsp3) is 0.292. The Labute approximate surface area is 227 Å². The van der Waals surface area contributed by atoms with Crippen LogP contribution in [0.15, 0.2) is 35.8 Å². The molecule has 8 nitrogen and oxygen atoms in total. The number of hydrogen-bond donors (Lipinski definition) is 3. The van der Waals surface area contributed by atoms with Crippen LogP contribution in [0.5, 0.6) is 0 Å². The molecule has 0 aliphatic carbocycles. The van der Waals surface area contributed by atoms with E-state index in [1.165, 1.54) is 23.6 Å². The Morgan fingerprint density at radius 2 is 1.86 bits per heavy atom. The zero-order chi connectivity index (χ0) is 25.7. The second-order valence-corrected chi connectivity index (χ2v) is 10.0. The summed E-state index contributed by atoms with van der Waals surface area (Å²) in [7, 11) is 0. The van der Waals surface area contributed by atoms with Crippen LogP contribution in [0.1, 0.15) is 33.2 Å². The number of pyridine rings is 1. The lowest BCUT2D eigenvalue weighted by atomic mass is 10.0. The number of nitrogens with zero attached hydrogens (tertiary/aromatic N) is 2. The van der Waals surface area contributed by atoms with Crippen LogP contribution in [0, 0.1) is 0 Å². The van der Waals surface area contributed by atoms with Crippen molar-refractivity contribution >= 4 is 74.5 Å². The van der Waals surface area contributed by atoms with E-state index in [0.717, 1.165) is 12.1 Å². The Hall–Kier alpha value is -2.40. The minimum atomic E-state index is -0.530. The molecule has 1 fully saturated rings. The second kappa shape index (κ2) is 12.2. The molecule has 3 aromatic rings. The van der Waals surface area contributed by atoms with Crippen molar-refractivity contribution < 1.29 is 14.3 Å². The summed E-state index contributed by atoms with van der Waals surface area (Å²) < 4.78 is 5.47. The summed E-state index contributed by atoms with van der Waals surface area (Å²) in [5, 5.41) is 12.5. The first-order chi connectivity index (χ1) is 17.4. The average molecular weight is 569 g/mol. The SMILES string of the molecule is CCNCc1csc(NC(=O)c2c(C(=O)Nc3ccc(Cl)cn3)cc(Cl)cc2N2CCOCC2)c1Cl. The minimum absolute atomic E-state index is 0.110. The molecule has 12 heteroatoms. The second-order valence-electron chi connectivity index (χ2n) is 7.90. The maximum atomic E-state index is 13.7. The van der Waals surface area contributed by atoms with Gasteiger partial charge in [-0.2, -0.15) is 0 Å². The number of anilines is 3. The monoisotopic (exact) mass is 567 g/mol. The standard InChI is InChI=1S/C24H24Cl3N5O3S/c1-2-28-11-14-13-36-24(21(14)27)31-23(34)20-17(22(33)30-19-4-3-15(25)12-29-19)9-16(26)10-18(20)32-5-7-35-8-6-32/h3-4,9-10,12-13,28H,2,5-8,11H2,1H3,(H,31,34)(H,29,30,33). The third-order valence-electron chi connectivity index (χ3n) is 5.47. The number of thiophene rings is 1. The third-order valence-corrected chi connectivity index (χ3v) is 7.40. The molecule has 0 saturated carbocycles. The first kappa shape index (κ1) is 26.7. The van der Waals surface area contributed by atoms with E-state index in [0.29, 0.717) is 58.6 Å². The van der Waals surface area contributed by atoms with Crippen LogP contribution < -0.4 is 20.9 Å². The molecule has 0 atom stereocenters. The number of nitrogens with one attached hydrogen (secondary N) is 3. The van der Waals surface area contributed by atoms with Gasteiger partial charge in [-0.25, -0.2) is 4.98 Å². The van der Waals surface area contributed by atoms with Crippen molar-refractivity contribution in [3.8, 4) is 0 Å². The number of carbonyl (C=O) groups excluding carboxylic acids is 2. The fourth-order valence-electron chi connectivity index (χ4n) is 3.71. The molecule has 0 bridgehead atoms. The van der Waals surface area contributed by atoms with Crippen molar-refractivity contribution in [2.45, 2.75) is 13.5 Å². The van der Waals surface area contributed by atoms with Gasteiger partial charge in [-0.3, -0.25) is 9.59 Å². The lowest BCUT2D eigenvalue weighted by Gasteiger charge is -2.31. The van der Waals surface area contributed by atoms with E-state index >= 15 is 0 Å². The van der Waals surface area contributed by atoms with Gasteiger partial charge in [-0.1, -0.05) is 41.7 Å². The van der Waals surface area contributed by atoms with Gasteiger partial charge in [0.05, 0.1) is 40.1 Å². The Kier molecular flexibility index (Phi) is 9.05. The summed E-state index contributed by atoms with van der Waals surface area (Å²) in [5.74, 6) is -0.712. The van der Waals surface area contributed by atoms with E-state index in [2.05, 4.69) is 20.9 Å². The summed E-state index contributed by atoms with van der Waals surface area (Å²) >= 11 is 20.2. The topological polar surface area (TPSA) is 95.6 Å². The van der Waals surface area contributed by atoms with Crippen LogP contribution in [0.2, 0.25) is 15.1 Å². The highest BCUT2D eigenvalue weighted by Crippen LogP contribution is 2.36. The van der Waals surface area contributed by atoms with Gasteiger partial charge in [0.25, 0.3) is 11.8 Å². The van der Waals surface area contributed by atoms with Crippen molar-refractivity contribution in [3.05, 3.63) is 67.6 Å². The van der Waals surface area contributed by atoms with Gasteiger partial charge >= 0.3 is 0 Å². The van der Waals surface area contributed by atoms with Crippen molar-refractivity contribution in [1.82, 2.24) is 10.3 Å². The van der Waals surface area contributed by atoms with Gasteiger partial charge in [-0.15, -0.1) is 11.3 Å². The smallest absolute Gasteiger partial charge is 0.259 e. The zero-order valence-electron chi connectivity index (χ0n) is 19.4. The molecular formula is C24H24Cl3N5O3S. The average Bonchev–Trinajstić information content (AvgIpc) is 3.22. The third kappa shape index (κ3) is 6.29. The molecule has 3 N–H and O–H groups in total. The number of ether oxygens (including phenoxy) is 1. The van der Waals surface area contributed by atoms with E-state index in [4.69, 9.17) is 39.5 Å². The van der Waals surface area contributed by atoms with E-state index in [-0.39, 0.29) is 16.9 Å². The molecule has 0 unspecified atom stereocenters. The van der Waals surface area contributed by atoms with Crippen LogP contribution in [-0.2, 0) is 11.3 Å². The van der Waals surface area contributed by atoms with Crippen LogP contribution in [0.25, 0.3) is 0 Å². The maximum absolute atomic E-state index is 13.7. The summed E-state index contributed by atoms with van der Waals surface area (Å²) in [6.07, 6.45) is 1.42. The van der Waals surface area contributed by atoms with Crippen molar-refractivity contribution in [2.24, 2.45) is 0 Å². The van der Waals surface area contributed by atoms with Crippen LogP contribution in [0.3, 0.4) is 0 Å². The molecular weight excluding hydrogens is 545 g/mol. The number of carbonyl (C=O) groups is 2. The largest absolute Gasteiger partial charge is 0.378 e. The molecule has 2 aromatic heterocycles. The number of amides is 2. The van der Waals surface area contributed by atoms with Crippen molar-refractivity contribution in [1.29, 1.82) is 0 Å². The number of morpholine rings is 1. The zero-order valence-corrected chi connectivity index (χ0v) is 22.5. The molecule has 4 rings (SSSR count). The van der Waals surface area contributed by atoms with Gasteiger partial charge < -0.3 is 25.6 Å². The number of aromatic nitrogens is 1. The van der Waals surface area contributed by atoms with Crippen LogP contribution in [0.4, 0.5) is 16.5 Å². The molecule has 1 saturated heterocycles. The molecule has 190 valence electrons. The summed E-state index contributed by atoms with van der Waals surface area (Å²) in [6.45, 7) is 5.47. The minimum Gasteiger partial charge on any atom is -0.378 e.